The van der Waals surface area contributed by atoms with Crippen molar-refractivity contribution >= 4 is 46.6 Å². The molecule has 1 unspecified atom stereocenters. The Morgan fingerprint density at radius 2 is 1.61 bits per heavy atom. The van der Waals surface area contributed by atoms with E-state index >= 15 is 0 Å². The van der Waals surface area contributed by atoms with E-state index in [-0.39, 0.29) is 16.8 Å². The molecule has 2 amide bonds. The predicted octanol–water partition coefficient (Wildman–Crippen LogP) is 7.21. The van der Waals surface area contributed by atoms with E-state index in [4.69, 9.17) is 16.3 Å². The van der Waals surface area contributed by atoms with Crippen molar-refractivity contribution in [1.82, 2.24) is 0 Å². The van der Waals surface area contributed by atoms with Crippen LogP contribution in [0, 0.1) is 5.82 Å². The first-order valence-corrected chi connectivity index (χ1v) is 12.2. The van der Waals surface area contributed by atoms with Crippen LogP contribution in [0.25, 0.3) is 0 Å². The van der Waals surface area contributed by atoms with Crippen LogP contribution in [-0.4, -0.2) is 18.9 Å². The zero-order valence-corrected chi connectivity index (χ0v) is 20.8. The van der Waals surface area contributed by atoms with Crippen LogP contribution in [0.4, 0.5) is 15.8 Å². The monoisotopic (exact) mass is 520 g/mol. The summed E-state index contributed by atoms with van der Waals surface area (Å²) >= 11 is 7.20. The maximum absolute atomic E-state index is 13.5. The molecule has 4 rings (SSSR count). The van der Waals surface area contributed by atoms with Gasteiger partial charge in [-0.05, 0) is 60.2 Å². The maximum atomic E-state index is 13.5. The Bertz CT molecular complexity index is 1380. The lowest BCUT2D eigenvalue weighted by molar-refractivity contribution is -0.115. The zero-order valence-electron chi connectivity index (χ0n) is 19.2. The summed E-state index contributed by atoms with van der Waals surface area (Å²) in [5, 5.41) is 5.02. The van der Waals surface area contributed by atoms with Crippen LogP contribution in [0.1, 0.15) is 21.2 Å². The van der Waals surface area contributed by atoms with Gasteiger partial charge in [0.25, 0.3) is 5.91 Å². The molecule has 0 saturated carbocycles. The summed E-state index contributed by atoms with van der Waals surface area (Å²) in [6, 6.07) is 27.5. The van der Waals surface area contributed by atoms with E-state index in [0.717, 1.165) is 10.5 Å². The van der Waals surface area contributed by atoms with E-state index in [1.807, 2.05) is 42.5 Å². The molecule has 182 valence electrons. The molecule has 0 radical (unpaired) electrons. The second-order valence-electron chi connectivity index (χ2n) is 7.74. The molecule has 0 bridgehead atoms. The minimum atomic E-state index is -0.612. The van der Waals surface area contributed by atoms with Gasteiger partial charge < -0.3 is 15.4 Å². The van der Waals surface area contributed by atoms with Crippen LogP contribution < -0.4 is 15.4 Å². The first-order valence-electron chi connectivity index (χ1n) is 11.0. The number of thioether (sulfide) groups is 1. The Balaban J connectivity index is 1.54. The number of methoxy groups -OCH3 is 1. The van der Waals surface area contributed by atoms with Crippen molar-refractivity contribution in [3.8, 4) is 5.75 Å². The van der Waals surface area contributed by atoms with Gasteiger partial charge in [-0.3, -0.25) is 9.59 Å². The molecule has 4 aromatic carbocycles. The minimum Gasteiger partial charge on any atom is -0.497 e. The Hall–Kier alpha value is -3.81. The van der Waals surface area contributed by atoms with Gasteiger partial charge in [-0.25, -0.2) is 4.39 Å². The van der Waals surface area contributed by atoms with E-state index in [9.17, 15) is 14.0 Å². The van der Waals surface area contributed by atoms with Crippen LogP contribution >= 0.6 is 23.4 Å². The number of benzene rings is 4. The molecule has 0 spiro atoms. The van der Waals surface area contributed by atoms with E-state index in [1.165, 1.54) is 30.0 Å². The van der Waals surface area contributed by atoms with Gasteiger partial charge in [0, 0.05) is 21.8 Å². The van der Waals surface area contributed by atoms with Crippen LogP contribution in [0.5, 0.6) is 5.75 Å². The Labute approximate surface area is 217 Å². The molecule has 2 N–H and O–H groups in total. The van der Waals surface area contributed by atoms with Gasteiger partial charge in [0.2, 0.25) is 5.91 Å². The topological polar surface area (TPSA) is 67.4 Å². The van der Waals surface area contributed by atoms with E-state index in [1.54, 1.807) is 43.5 Å². The highest BCUT2D eigenvalue weighted by Gasteiger charge is 2.23. The van der Waals surface area contributed by atoms with Crippen molar-refractivity contribution in [2.75, 3.05) is 17.7 Å². The van der Waals surface area contributed by atoms with Gasteiger partial charge in [-0.15, -0.1) is 11.8 Å². The van der Waals surface area contributed by atoms with Crippen LogP contribution in [0.2, 0.25) is 5.02 Å². The molecule has 0 aliphatic heterocycles. The number of carbonyl (C=O) groups excluding carboxylic acids is 2. The van der Waals surface area contributed by atoms with Crippen LogP contribution in [0.3, 0.4) is 0 Å². The normalized spacial score (nSPS) is 11.4. The van der Waals surface area contributed by atoms with Gasteiger partial charge in [-0.2, -0.15) is 0 Å². The quantitative estimate of drug-likeness (QED) is 0.241. The molecule has 4 aromatic rings. The standard InChI is InChI=1S/C28H22ClFN2O3S/c1-35-22-11-5-9-19(15-22)27(33)31-20-10-6-12-23(16-20)36-26(18-7-3-2-4-8-18)28(34)32-21-13-14-25(30)24(29)17-21/h2-17,26H,1H3,(H,31,33)(H,32,34). The molecule has 0 aliphatic rings. The molecule has 36 heavy (non-hydrogen) atoms. The Kier molecular flexibility index (Phi) is 8.25. The number of nitrogens with one attached hydrogen (secondary N) is 2. The highest BCUT2D eigenvalue weighted by atomic mass is 35.5. The zero-order chi connectivity index (χ0) is 25.5. The smallest absolute Gasteiger partial charge is 0.255 e. The van der Waals surface area contributed by atoms with Crippen molar-refractivity contribution in [2.24, 2.45) is 0 Å². The van der Waals surface area contributed by atoms with Crippen molar-refractivity contribution in [2.45, 2.75) is 10.1 Å². The second-order valence-corrected chi connectivity index (χ2v) is 9.33. The first kappa shape index (κ1) is 25.3. The molecule has 0 fully saturated rings. The number of rotatable bonds is 8. The number of hydrogen-bond donors (Lipinski definition) is 2. The predicted molar refractivity (Wildman–Crippen MR) is 142 cm³/mol. The van der Waals surface area contributed by atoms with E-state index < -0.39 is 11.1 Å². The van der Waals surface area contributed by atoms with Crippen LogP contribution in [-0.2, 0) is 4.79 Å². The summed E-state index contributed by atoms with van der Waals surface area (Å²) in [5.74, 6) is -0.538. The van der Waals surface area contributed by atoms with E-state index in [0.29, 0.717) is 22.7 Å². The van der Waals surface area contributed by atoms with Gasteiger partial charge in [0.05, 0.1) is 12.1 Å². The number of anilines is 2. The van der Waals surface area contributed by atoms with Gasteiger partial charge in [0.15, 0.2) is 0 Å². The third kappa shape index (κ3) is 6.44. The molecule has 0 saturated heterocycles. The van der Waals surface area contributed by atoms with Gasteiger partial charge >= 0.3 is 0 Å². The lowest BCUT2D eigenvalue weighted by atomic mass is 10.1. The molecule has 8 heteroatoms. The first-order chi connectivity index (χ1) is 17.4. The van der Waals surface area contributed by atoms with E-state index in [2.05, 4.69) is 10.6 Å². The number of ether oxygens (including phenoxy) is 1. The molecule has 0 aliphatic carbocycles. The van der Waals surface area contributed by atoms with Crippen molar-refractivity contribution in [3.05, 3.63) is 119 Å². The summed E-state index contributed by atoms with van der Waals surface area (Å²) < 4.78 is 18.7. The molecular weight excluding hydrogens is 499 g/mol. The number of amides is 2. The van der Waals surface area contributed by atoms with Crippen molar-refractivity contribution < 1.29 is 18.7 Å². The summed E-state index contributed by atoms with van der Waals surface area (Å²) in [6.07, 6.45) is 0. The molecule has 1 atom stereocenters. The number of hydrogen-bond acceptors (Lipinski definition) is 4. The summed E-state index contributed by atoms with van der Waals surface area (Å²) in [7, 11) is 1.54. The molecule has 0 heterocycles. The fraction of sp³-hybridized carbons (Fsp3) is 0.0714. The molecule has 5 nitrogen and oxygen atoms in total. The number of halogens is 2. The van der Waals surface area contributed by atoms with Gasteiger partial charge in [0.1, 0.15) is 16.8 Å². The largest absolute Gasteiger partial charge is 0.497 e. The maximum Gasteiger partial charge on any atom is 0.255 e. The van der Waals surface area contributed by atoms with Crippen molar-refractivity contribution in [3.63, 3.8) is 0 Å². The third-order valence-corrected chi connectivity index (χ3v) is 6.74. The summed E-state index contributed by atoms with van der Waals surface area (Å²) in [6.45, 7) is 0. The van der Waals surface area contributed by atoms with Crippen molar-refractivity contribution in [1.29, 1.82) is 0 Å². The SMILES string of the molecule is COc1cccc(C(=O)Nc2cccc(SC(C(=O)Nc3ccc(F)c(Cl)c3)c3ccccc3)c2)c1. The Morgan fingerprint density at radius 1 is 0.861 bits per heavy atom. The molecule has 0 aromatic heterocycles. The highest BCUT2D eigenvalue weighted by Crippen LogP contribution is 2.37. The lowest BCUT2D eigenvalue weighted by Gasteiger charge is -2.18. The summed E-state index contributed by atoms with van der Waals surface area (Å²) in [5.41, 5.74) is 2.24. The third-order valence-electron chi connectivity index (χ3n) is 5.21. The number of carbonyl (C=O) groups is 2. The molecular formula is C28H22ClFN2O3S. The minimum absolute atomic E-state index is 0.0730. The fourth-order valence-electron chi connectivity index (χ4n) is 3.43. The summed E-state index contributed by atoms with van der Waals surface area (Å²) in [4.78, 5) is 26.8. The lowest BCUT2D eigenvalue weighted by Crippen LogP contribution is -2.19. The van der Waals surface area contributed by atoms with Crippen LogP contribution in [0.15, 0.2) is 102 Å². The fourth-order valence-corrected chi connectivity index (χ4v) is 4.70. The van der Waals surface area contributed by atoms with Gasteiger partial charge in [-0.1, -0.05) is 54.1 Å². The highest BCUT2D eigenvalue weighted by molar-refractivity contribution is 8.00. The average molecular weight is 521 g/mol. The Morgan fingerprint density at radius 3 is 2.36 bits per heavy atom. The average Bonchev–Trinajstić information content (AvgIpc) is 2.90. The second kappa shape index (κ2) is 11.7.